The first-order chi connectivity index (χ1) is 20.4. The second kappa shape index (κ2) is 12.4. The Kier molecular flexibility index (Phi) is 8.59. The number of aliphatic hydroxyl groups excluding tert-OH is 2. The lowest BCUT2D eigenvalue weighted by Crippen LogP contribution is -2.57. The van der Waals surface area contributed by atoms with Crippen molar-refractivity contribution < 1.29 is 34.1 Å². The Morgan fingerprint density at radius 3 is 2.62 bits per heavy atom. The summed E-state index contributed by atoms with van der Waals surface area (Å²) in [5.41, 5.74) is 1.34. The highest BCUT2D eigenvalue weighted by molar-refractivity contribution is 5.96. The molecule has 9 heteroatoms. The van der Waals surface area contributed by atoms with Gasteiger partial charge in [-0.05, 0) is 74.0 Å². The van der Waals surface area contributed by atoms with Gasteiger partial charge in [0.2, 0.25) is 11.8 Å². The number of ether oxygens (including phenoxy) is 2. The van der Waals surface area contributed by atoms with Crippen molar-refractivity contribution in [2.45, 2.75) is 88.4 Å². The van der Waals surface area contributed by atoms with Crippen LogP contribution in [0.15, 0.2) is 23.8 Å². The van der Waals surface area contributed by atoms with Gasteiger partial charge in [-0.25, -0.2) is 0 Å². The molecular weight excluding hydrogens is 536 g/mol. The molecule has 7 unspecified atom stereocenters. The normalized spacial score (nSPS) is 31.5. The van der Waals surface area contributed by atoms with E-state index < -0.39 is 24.2 Å². The lowest BCUT2D eigenvalue weighted by molar-refractivity contribution is -0.139. The van der Waals surface area contributed by atoms with E-state index in [2.05, 4.69) is 5.32 Å². The SMILES string of the molecule is COc1cc(C=O)cc2c1OC1C2C(C(=O)NCCO)=CC(N(CC2CCCCC2)C(=O)CC2CC3CCC2C3)C1O. The minimum atomic E-state index is -1.09. The van der Waals surface area contributed by atoms with E-state index in [4.69, 9.17) is 9.47 Å². The molecule has 1 aliphatic heterocycles. The molecule has 9 nitrogen and oxygen atoms in total. The fourth-order valence-corrected chi connectivity index (χ4v) is 8.56. The second-order valence-corrected chi connectivity index (χ2v) is 13.1. The van der Waals surface area contributed by atoms with Crippen molar-refractivity contribution in [3.8, 4) is 11.5 Å². The maximum absolute atomic E-state index is 14.2. The van der Waals surface area contributed by atoms with E-state index in [1.54, 1.807) is 18.2 Å². The predicted octanol–water partition coefficient (Wildman–Crippen LogP) is 3.37. The number of nitrogens with zero attached hydrogens (tertiary/aromatic N) is 1. The third-order valence-corrected chi connectivity index (χ3v) is 10.6. The summed E-state index contributed by atoms with van der Waals surface area (Å²) in [6.45, 7) is 0.402. The van der Waals surface area contributed by atoms with E-state index >= 15 is 0 Å². The molecule has 7 atom stereocenters. The van der Waals surface area contributed by atoms with E-state index in [-0.39, 0.29) is 25.0 Å². The van der Waals surface area contributed by atoms with Gasteiger partial charge >= 0.3 is 0 Å². The number of nitrogens with one attached hydrogen (secondary N) is 1. The van der Waals surface area contributed by atoms with E-state index in [0.717, 1.165) is 38.0 Å². The fourth-order valence-electron chi connectivity index (χ4n) is 8.56. The number of carbonyl (C=O) groups excluding carboxylic acids is 3. The van der Waals surface area contributed by atoms with Crippen molar-refractivity contribution in [3.63, 3.8) is 0 Å². The van der Waals surface area contributed by atoms with Crippen LogP contribution in [-0.4, -0.2) is 78.3 Å². The summed E-state index contributed by atoms with van der Waals surface area (Å²) < 4.78 is 11.9. The van der Waals surface area contributed by atoms with Gasteiger partial charge in [-0.2, -0.15) is 0 Å². The smallest absolute Gasteiger partial charge is 0.247 e. The number of fused-ring (bicyclic) bond motifs is 5. The molecule has 3 saturated carbocycles. The van der Waals surface area contributed by atoms with Crippen LogP contribution in [-0.2, 0) is 9.59 Å². The molecule has 0 radical (unpaired) electrons. The molecule has 0 aromatic heterocycles. The molecule has 5 aliphatic rings. The number of rotatable bonds is 10. The number of carbonyl (C=O) groups is 3. The predicted molar refractivity (Wildman–Crippen MR) is 155 cm³/mol. The van der Waals surface area contributed by atoms with Crippen LogP contribution in [0.5, 0.6) is 11.5 Å². The summed E-state index contributed by atoms with van der Waals surface area (Å²) >= 11 is 0. The Balaban J connectivity index is 1.37. The second-order valence-electron chi connectivity index (χ2n) is 13.1. The molecule has 1 heterocycles. The first-order valence-electron chi connectivity index (χ1n) is 15.8. The van der Waals surface area contributed by atoms with Gasteiger partial charge in [0.15, 0.2) is 11.5 Å². The van der Waals surface area contributed by atoms with Gasteiger partial charge in [-0.3, -0.25) is 14.4 Å². The van der Waals surface area contributed by atoms with Gasteiger partial charge < -0.3 is 29.9 Å². The van der Waals surface area contributed by atoms with Crippen LogP contribution in [0.1, 0.15) is 86.0 Å². The molecule has 4 aliphatic carbocycles. The standard InChI is InChI=1S/C33H44N2O7/c1-41-27-14-21(18-37)13-24-29-25(33(40)34-9-10-36)16-26(30(39)32(29)42-31(24)27)35(17-19-5-3-2-4-6-19)28(38)15-23-12-20-7-8-22(23)11-20/h13-14,16,18-20,22-23,26,29-30,32,36,39H,2-12,15,17H2,1H3,(H,34,40). The summed E-state index contributed by atoms with van der Waals surface area (Å²) in [5, 5.41) is 24.1. The van der Waals surface area contributed by atoms with Crippen LogP contribution in [0, 0.1) is 23.7 Å². The molecule has 6 rings (SSSR count). The number of hydrogen-bond acceptors (Lipinski definition) is 7. The van der Waals surface area contributed by atoms with Crippen molar-refractivity contribution in [1.29, 1.82) is 0 Å². The van der Waals surface area contributed by atoms with Crippen molar-refractivity contribution in [2.24, 2.45) is 23.7 Å². The summed E-state index contributed by atoms with van der Waals surface area (Å²) in [5.74, 6) is 1.83. The van der Waals surface area contributed by atoms with Gasteiger partial charge in [-0.15, -0.1) is 0 Å². The zero-order chi connectivity index (χ0) is 29.4. The van der Waals surface area contributed by atoms with Crippen LogP contribution in [0.25, 0.3) is 0 Å². The van der Waals surface area contributed by atoms with E-state index in [9.17, 15) is 24.6 Å². The molecular formula is C33H44N2O7. The quantitative estimate of drug-likeness (QED) is 0.363. The minimum absolute atomic E-state index is 0.0447. The molecule has 0 spiro atoms. The Bertz CT molecular complexity index is 1220. The zero-order valence-corrected chi connectivity index (χ0v) is 24.5. The molecule has 3 fully saturated rings. The molecule has 42 heavy (non-hydrogen) atoms. The molecule has 2 bridgehead atoms. The number of amides is 2. The lowest BCUT2D eigenvalue weighted by atomic mass is 9.76. The average molecular weight is 581 g/mol. The maximum Gasteiger partial charge on any atom is 0.247 e. The number of hydrogen-bond donors (Lipinski definition) is 3. The zero-order valence-electron chi connectivity index (χ0n) is 24.5. The van der Waals surface area contributed by atoms with Gasteiger partial charge in [0.25, 0.3) is 0 Å². The number of benzene rings is 1. The summed E-state index contributed by atoms with van der Waals surface area (Å²) in [6.07, 6.45) is 11.4. The molecule has 1 aromatic rings. The summed E-state index contributed by atoms with van der Waals surface area (Å²) in [7, 11) is 1.49. The highest BCUT2D eigenvalue weighted by Gasteiger charge is 2.52. The minimum Gasteiger partial charge on any atom is -0.493 e. The number of aliphatic hydroxyl groups is 2. The van der Waals surface area contributed by atoms with E-state index in [1.165, 1.54) is 32.8 Å². The Hall–Kier alpha value is -2.91. The topological polar surface area (TPSA) is 125 Å². The number of aldehydes is 1. The van der Waals surface area contributed by atoms with Crippen LogP contribution in [0.2, 0.25) is 0 Å². The Morgan fingerprint density at radius 1 is 1.14 bits per heavy atom. The van der Waals surface area contributed by atoms with Crippen molar-refractivity contribution in [2.75, 3.05) is 26.8 Å². The van der Waals surface area contributed by atoms with Gasteiger partial charge in [-0.1, -0.05) is 25.7 Å². The largest absolute Gasteiger partial charge is 0.493 e. The summed E-state index contributed by atoms with van der Waals surface area (Å²) in [6, 6.07) is 2.52. The van der Waals surface area contributed by atoms with Gasteiger partial charge in [0.1, 0.15) is 18.5 Å². The molecule has 228 valence electrons. The van der Waals surface area contributed by atoms with E-state index in [0.29, 0.717) is 65.2 Å². The molecule has 1 aromatic carbocycles. The van der Waals surface area contributed by atoms with Crippen molar-refractivity contribution in [3.05, 3.63) is 34.9 Å². The van der Waals surface area contributed by atoms with Crippen LogP contribution < -0.4 is 14.8 Å². The third-order valence-electron chi connectivity index (χ3n) is 10.6. The van der Waals surface area contributed by atoms with Crippen molar-refractivity contribution in [1.82, 2.24) is 10.2 Å². The first kappa shape index (κ1) is 29.2. The number of methoxy groups -OCH3 is 1. The monoisotopic (exact) mass is 580 g/mol. The highest BCUT2D eigenvalue weighted by atomic mass is 16.5. The van der Waals surface area contributed by atoms with E-state index in [1.807, 2.05) is 4.90 Å². The summed E-state index contributed by atoms with van der Waals surface area (Å²) in [4.78, 5) is 41.4. The van der Waals surface area contributed by atoms with Crippen molar-refractivity contribution >= 4 is 18.1 Å². The van der Waals surface area contributed by atoms with Crippen LogP contribution in [0.4, 0.5) is 0 Å². The lowest BCUT2D eigenvalue weighted by Gasteiger charge is -2.42. The highest BCUT2D eigenvalue weighted by Crippen LogP contribution is 2.52. The van der Waals surface area contributed by atoms with Gasteiger partial charge in [0.05, 0.1) is 25.7 Å². The Labute approximate surface area is 247 Å². The molecule has 2 amide bonds. The maximum atomic E-state index is 14.2. The Morgan fingerprint density at radius 2 is 1.95 bits per heavy atom. The fraction of sp³-hybridized carbons (Fsp3) is 0.667. The van der Waals surface area contributed by atoms with Crippen LogP contribution in [0.3, 0.4) is 0 Å². The molecule has 3 N–H and O–H groups in total. The van der Waals surface area contributed by atoms with Crippen LogP contribution >= 0.6 is 0 Å². The third kappa shape index (κ3) is 5.46. The van der Waals surface area contributed by atoms with Gasteiger partial charge in [0, 0.05) is 36.2 Å². The first-order valence-corrected chi connectivity index (χ1v) is 15.8. The average Bonchev–Trinajstić information content (AvgIpc) is 3.74. The molecule has 0 saturated heterocycles.